The molecule has 0 bridgehead atoms. The molecule has 0 spiro atoms. The number of benzene rings is 1. The molecule has 0 aromatic heterocycles. The molecule has 8 heteroatoms. The number of hydrogen-bond donors (Lipinski definition) is 2. The highest BCUT2D eigenvalue weighted by atomic mass is 79.9. The van der Waals surface area contributed by atoms with Gasteiger partial charge in [0.1, 0.15) is 0 Å². The Bertz CT molecular complexity index is 607. The molecule has 0 saturated carbocycles. The summed E-state index contributed by atoms with van der Waals surface area (Å²) >= 11 is 4.82. The largest absolute Gasteiger partial charge is 0.455 e. The summed E-state index contributed by atoms with van der Waals surface area (Å²) < 4.78 is 5.90. The summed E-state index contributed by atoms with van der Waals surface area (Å²) in [5.74, 6) is -1.20. The van der Waals surface area contributed by atoms with Gasteiger partial charge in [-0.2, -0.15) is 0 Å². The highest BCUT2D eigenvalue weighted by molar-refractivity contribution is 9.10. The Labute approximate surface area is 147 Å². The quantitative estimate of drug-likeness (QED) is 0.533. The first-order valence-electron chi connectivity index (χ1n) is 6.86. The minimum absolute atomic E-state index is 0.116. The molecule has 0 saturated heterocycles. The highest BCUT2D eigenvalue weighted by Gasteiger charge is 2.11. The number of hydrogen-bond acceptors (Lipinski definition) is 5. The first kappa shape index (κ1) is 19.5. The monoisotopic (exact) mass is 402 g/mol. The number of amides is 2. The summed E-state index contributed by atoms with van der Waals surface area (Å²) in [5.41, 5.74) is 2.14. The lowest BCUT2D eigenvalue weighted by Crippen LogP contribution is -2.37. The zero-order valence-corrected chi connectivity index (χ0v) is 15.6. The lowest BCUT2D eigenvalue weighted by Gasteiger charge is -2.09. The van der Waals surface area contributed by atoms with Crippen molar-refractivity contribution < 1.29 is 19.1 Å². The molecule has 2 N–H and O–H groups in total. The van der Waals surface area contributed by atoms with Gasteiger partial charge in [0.05, 0.1) is 12.3 Å². The van der Waals surface area contributed by atoms with Gasteiger partial charge >= 0.3 is 5.97 Å². The van der Waals surface area contributed by atoms with E-state index in [1.165, 1.54) is 18.8 Å². The van der Waals surface area contributed by atoms with Gasteiger partial charge in [0, 0.05) is 16.4 Å². The van der Waals surface area contributed by atoms with E-state index >= 15 is 0 Å². The third-order valence-corrected chi connectivity index (χ3v) is 4.88. The molecular formula is C15H19BrN2O4S. The predicted molar refractivity (Wildman–Crippen MR) is 92.4 cm³/mol. The summed E-state index contributed by atoms with van der Waals surface area (Å²) in [6.45, 7) is 3.40. The van der Waals surface area contributed by atoms with E-state index < -0.39 is 18.5 Å². The number of ether oxygens (including phenoxy) is 1. The molecule has 0 unspecified atom stereocenters. The van der Waals surface area contributed by atoms with Crippen LogP contribution in [-0.2, 0) is 19.1 Å². The highest BCUT2D eigenvalue weighted by Crippen LogP contribution is 2.28. The predicted octanol–water partition coefficient (Wildman–Crippen LogP) is 1.56. The second-order valence-corrected chi connectivity index (χ2v) is 6.64. The van der Waals surface area contributed by atoms with E-state index in [2.05, 4.69) is 26.6 Å². The fraction of sp³-hybridized carbons (Fsp3) is 0.400. The molecule has 0 aliphatic carbocycles. The minimum atomic E-state index is -0.511. The number of likely N-dealkylation sites (N-methyl/N-ethyl adjacent to an activating group) is 1. The Morgan fingerprint density at radius 3 is 2.52 bits per heavy atom. The molecule has 1 aromatic carbocycles. The van der Waals surface area contributed by atoms with Crippen LogP contribution in [0.25, 0.3) is 0 Å². The Morgan fingerprint density at radius 2 is 1.87 bits per heavy atom. The molecule has 1 rings (SSSR count). The molecule has 0 atom stereocenters. The Morgan fingerprint density at radius 1 is 1.17 bits per heavy atom. The van der Waals surface area contributed by atoms with Crippen molar-refractivity contribution in [2.75, 3.05) is 26.0 Å². The Kier molecular flexibility index (Phi) is 8.11. The van der Waals surface area contributed by atoms with Crippen molar-refractivity contribution in [3.63, 3.8) is 0 Å². The third-order valence-electron chi connectivity index (χ3n) is 2.89. The van der Waals surface area contributed by atoms with Crippen LogP contribution in [0.1, 0.15) is 11.1 Å². The number of esters is 1. The van der Waals surface area contributed by atoms with E-state index in [-0.39, 0.29) is 18.2 Å². The number of carbonyl (C=O) groups excluding carboxylic acids is 3. The Balaban J connectivity index is 2.36. The number of carbonyl (C=O) groups is 3. The van der Waals surface area contributed by atoms with Crippen LogP contribution in [0.5, 0.6) is 0 Å². The number of aryl methyl sites for hydroxylation is 2. The standard InChI is InChI=1S/C15H19BrN2O4S/c1-9-5-12(10(2)4-11(9)16)23-8-15(21)22-7-14(20)18-6-13(19)17-3/h4-5H,6-8H2,1-3H3,(H,17,19)(H,18,20). The van der Waals surface area contributed by atoms with Gasteiger partial charge in [-0.3, -0.25) is 14.4 Å². The molecule has 6 nitrogen and oxygen atoms in total. The minimum Gasteiger partial charge on any atom is -0.455 e. The Hall–Kier alpha value is -1.54. The molecule has 0 fully saturated rings. The van der Waals surface area contributed by atoms with Crippen LogP contribution < -0.4 is 10.6 Å². The van der Waals surface area contributed by atoms with Crippen LogP contribution >= 0.6 is 27.7 Å². The maximum Gasteiger partial charge on any atom is 0.316 e. The molecule has 0 aliphatic rings. The van der Waals surface area contributed by atoms with Gasteiger partial charge in [-0.05, 0) is 37.1 Å². The number of thioether (sulfide) groups is 1. The van der Waals surface area contributed by atoms with Gasteiger partial charge in [-0.1, -0.05) is 15.9 Å². The summed E-state index contributed by atoms with van der Waals surface area (Å²) in [6.07, 6.45) is 0. The van der Waals surface area contributed by atoms with Crippen LogP contribution in [0.2, 0.25) is 0 Å². The van der Waals surface area contributed by atoms with Crippen LogP contribution in [0.15, 0.2) is 21.5 Å². The van der Waals surface area contributed by atoms with Crippen molar-refractivity contribution in [1.29, 1.82) is 0 Å². The molecular weight excluding hydrogens is 384 g/mol. The van der Waals surface area contributed by atoms with E-state index in [0.29, 0.717) is 0 Å². The van der Waals surface area contributed by atoms with E-state index in [4.69, 9.17) is 4.74 Å². The van der Waals surface area contributed by atoms with Crippen LogP contribution in [0.3, 0.4) is 0 Å². The average molecular weight is 403 g/mol. The molecule has 0 aliphatic heterocycles. The van der Waals surface area contributed by atoms with Gasteiger partial charge in [-0.15, -0.1) is 11.8 Å². The zero-order chi connectivity index (χ0) is 17.4. The first-order valence-corrected chi connectivity index (χ1v) is 8.63. The normalized spacial score (nSPS) is 10.1. The van der Waals surface area contributed by atoms with E-state index in [1.54, 1.807) is 0 Å². The average Bonchev–Trinajstić information content (AvgIpc) is 2.52. The summed E-state index contributed by atoms with van der Waals surface area (Å²) in [6, 6.07) is 3.99. The number of halogens is 1. The van der Waals surface area contributed by atoms with Gasteiger partial charge in [0.15, 0.2) is 6.61 Å². The number of rotatable bonds is 7. The molecule has 0 radical (unpaired) electrons. The maximum atomic E-state index is 11.7. The van der Waals surface area contributed by atoms with Crippen LogP contribution in [0.4, 0.5) is 0 Å². The fourth-order valence-corrected chi connectivity index (χ4v) is 2.91. The number of nitrogens with one attached hydrogen (secondary N) is 2. The van der Waals surface area contributed by atoms with Crippen molar-refractivity contribution in [3.05, 3.63) is 27.7 Å². The third kappa shape index (κ3) is 7.04. The van der Waals surface area contributed by atoms with Gasteiger partial charge in [0.25, 0.3) is 5.91 Å². The van der Waals surface area contributed by atoms with Crippen molar-refractivity contribution in [2.45, 2.75) is 18.7 Å². The summed E-state index contributed by atoms with van der Waals surface area (Å²) in [5, 5.41) is 4.71. The second kappa shape index (κ2) is 9.57. The van der Waals surface area contributed by atoms with Crippen molar-refractivity contribution in [1.82, 2.24) is 10.6 Å². The van der Waals surface area contributed by atoms with Gasteiger partial charge in [-0.25, -0.2) is 0 Å². The van der Waals surface area contributed by atoms with E-state index in [9.17, 15) is 14.4 Å². The topological polar surface area (TPSA) is 84.5 Å². The maximum absolute atomic E-state index is 11.7. The lowest BCUT2D eigenvalue weighted by atomic mass is 10.2. The molecule has 0 heterocycles. The van der Waals surface area contributed by atoms with E-state index in [1.807, 2.05) is 26.0 Å². The van der Waals surface area contributed by atoms with Crippen molar-refractivity contribution >= 4 is 45.5 Å². The fourth-order valence-electron chi connectivity index (χ4n) is 1.55. The molecule has 2 amide bonds. The lowest BCUT2D eigenvalue weighted by molar-refractivity contribution is -0.146. The summed E-state index contributed by atoms with van der Waals surface area (Å²) in [7, 11) is 1.47. The molecule has 23 heavy (non-hydrogen) atoms. The molecule has 1 aromatic rings. The zero-order valence-electron chi connectivity index (χ0n) is 13.2. The second-order valence-electron chi connectivity index (χ2n) is 4.77. The van der Waals surface area contributed by atoms with Crippen LogP contribution in [0, 0.1) is 13.8 Å². The first-order chi connectivity index (χ1) is 10.8. The summed E-state index contributed by atoms with van der Waals surface area (Å²) in [4.78, 5) is 35.0. The molecule has 126 valence electrons. The van der Waals surface area contributed by atoms with E-state index in [0.717, 1.165) is 20.5 Å². The van der Waals surface area contributed by atoms with Crippen LogP contribution in [-0.4, -0.2) is 43.7 Å². The smallest absolute Gasteiger partial charge is 0.316 e. The van der Waals surface area contributed by atoms with Crippen molar-refractivity contribution in [2.24, 2.45) is 0 Å². The van der Waals surface area contributed by atoms with Gasteiger partial charge < -0.3 is 15.4 Å². The van der Waals surface area contributed by atoms with Crippen molar-refractivity contribution in [3.8, 4) is 0 Å². The SMILES string of the molecule is CNC(=O)CNC(=O)COC(=O)CSc1cc(C)c(Br)cc1C. The van der Waals surface area contributed by atoms with Gasteiger partial charge in [0.2, 0.25) is 5.91 Å².